The van der Waals surface area contributed by atoms with Gasteiger partial charge >= 0.3 is 11.9 Å². The van der Waals surface area contributed by atoms with Crippen molar-refractivity contribution in [2.24, 2.45) is 0 Å². The molecule has 0 saturated carbocycles. The topological polar surface area (TPSA) is 107 Å². The van der Waals surface area contributed by atoms with E-state index < -0.39 is 35.0 Å². The molecule has 3 rings (SSSR count). The van der Waals surface area contributed by atoms with Gasteiger partial charge in [0.15, 0.2) is 0 Å². The van der Waals surface area contributed by atoms with Gasteiger partial charge in [-0.25, -0.2) is 9.59 Å². The average Bonchev–Trinajstić information content (AvgIpc) is 2.61. The van der Waals surface area contributed by atoms with E-state index in [4.69, 9.17) is 40.5 Å². The van der Waals surface area contributed by atoms with Gasteiger partial charge in [0.2, 0.25) is 0 Å². The van der Waals surface area contributed by atoms with E-state index in [-0.39, 0.29) is 17.7 Å². The molecule has 7 nitrogen and oxygen atoms in total. The van der Waals surface area contributed by atoms with Crippen molar-refractivity contribution in [1.82, 2.24) is 10.2 Å². The summed E-state index contributed by atoms with van der Waals surface area (Å²) in [6, 6.07) is 4.24. The van der Waals surface area contributed by atoms with Crippen molar-refractivity contribution >= 4 is 70.0 Å². The van der Waals surface area contributed by atoms with E-state index in [9.17, 15) is 19.5 Å². The van der Waals surface area contributed by atoms with Crippen LogP contribution in [0.5, 0.6) is 0 Å². The van der Waals surface area contributed by atoms with Gasteiger partial charge in [-0.05, 0) is 23.8 Å². The van der Waals surface area contributed by atoms with E-state index in [0.717, 1.165) is 4.90 Å². The highest BCUT2D eigenvalue weighted by Crippen LogP contribution is 2.40. The van der Waals surface area contributed by atoms with Crippen molar-refractivity contribution in [1.29, 1.82) is 0 Å². The number of fused-ring (bicyclic) bond motifs is 1. The minimum atomic E-state index is -1.45. The van der Waals surface area contributed by atoms with E-state index in [0.29, 0.717) is 20.6 Å². The van der Waals surface area contributed by atoms with Gasteiger partial charge in [0.25, 0.3) is 5.91 Å². The second-order valence-electron chi connectivity index (χ2n) is 5.80. The molecule has 142 valence electrons. The number of carbonyl (C=O) groups is 3. The van der Waals surface area contributed by atoms with Crippen LogP contribution in [0.1, 0.15) is 5.56 Å². The fraction of sp³-hybridized carbons (Fsp3) is 0.250. The maximum Gasteiger partial charge on any atom is 0.353 e. The van der Waals surface area contributed by atoms with Crippen molar-refractivity contribution in [3.05, 3.63) is 45.1 Å². The van der Waals surface area contributed by atoms with Crippen LogP contribution in [0.3, 0.4) is 0 Å². The Morgan fingerprint density at radius 2 is 2.00 bits per heavy atom. The molecule has 1 aromatic carbocycles. The van der Waals surface area contributed by atoms with Crippen molar-refractivity contribution < 1.29 is 24.6 Å². The summed E-state index contributed by atoms with van der Waals surface area (Å²) in [4.78, 5) is 36.5. The Morgan fingerprint density at radius 1 is 1.30 bits per heavy atom. The summed E-state index contributed by atoms with van der Waals surface area (Å²) in [5.41, 5.74) is -0.0946. The van der Waals surface area contributed by atoms with Crippen LogP contribution >= 0.6 is 47.2 Å². The average molecular weight is 447 g/mol. The number of thioether (sulfide) groups is 1. The van der Waals surface area contributed by atoms with Crippen LogP contribution in [0, 0.1) is 0 Å². The number of amides is 1. The van der Waals surface area contributed by atoms with Crippen molar-refractivity contribution in [3.63, 3.8) is 0 Å². The fourth-order valence-corrected chi connectivity index (χ4v) is 4.85. The number of carboxylic acid groups (broad SMARTS) is 2. The maximum absolute atomic E-state index is 12.4. The minimum absolute atomic E-state index is 0.0174. The zero-order valence-corrected chi connectivity index (χ0v) is 16.6. The zero-order valence-electron chi connectivity index (χ0n) is 13.4. The Kier molecular flexibility index (Phi) is 5.66. The number of halogens is 2. The highest BCUT2D eigenvalue weighted by molar-refractivity contribution is 8.00. The number of carboxylic acids is 2. The molecular formula is C16H12Cl2N2O5S2. The van der Waals surface area contributed by atoms with Gasteiger partial charge in [0, 0.05) is 22.2 Å². The van der Waals surface area contributed by atoms with Crippen LogP contribution in [-0.4, -0.2) is 55.1 Å². The molecule has 0 spiro atoms. The molecule has 2 atom stereocenters. The number of β-lactam (4-membered cyclic amide) rings is 1. The number of nitrogens with zero attached hydrogens (tertiary/aromatic N) is 1. The zero-order chi connectivity index (χ0) is 19.9. The lowest BCUT2D eigenvalue weighted by Crippen LogP contribution is -2.70. The van der Waals surface area contributed by atoms with Gasteiger partial charge in [0.1, 0.15) is 17.1 Å². The molecule has 1 aromatic rings. The normalized spacial score (nSPS) is 21.4. The molecule has 1 unspecified atom stereocenters. The number of hydrogen-bond donors (Lipinski definition) is 3. The molecule has 1 fully saturated rings. The number of carbonyl (C=O) groups excluding carboxylic acids is 1. The molecule has 2 heterocycles. The first-order valence-corrected chi connectivity index (χ1v) is 9.79. The smallest absolute Gasteiger partial charge is 0.353 e. The van der Waals surface area contributed by atoms with Gasteiger partial charge in [-0.2, -0.15) is 0 Å². The summed E-state index contributed by atoms with van der Waals surface area (Å²) in [5.74, 6) is -3.36. The number of rotatable bonds is 5. The molecule has 3 N–H and O–H groups in total. The first-order valence-electron chi connectivity index (χ1n) is 7.58. The number of nitrogens with one attached hydrogen (secondary N) is 1. The summed E-state index contributed by atoms with van der Waals surface area (Å²) >= 11 is 18.5. The summed E-state index contributed by atoms with van der Waals surface area (Å²) in [6.45, 7) is 0. The van der Waals surface area contributed by atoms with Crippen LogP contribution in [0.15, 0.2) is 29.5 Å². The van der Waals surface area contributed by atoms with Gasteiger partial charge in [0.05, 0.1) is 10.6 Å². The standard InChI is InChI=1S/C16H12Cl2N2O5S2/c17-7-1-2-9(18)6(3-7)4-10(26)19-11-13(21)20-12(16(24)25)8(15(22)23)5-27-14(11)20/h1-3,11,14H,4-5H2,(H,19,26)(H,22,23)(H,24,25)/t11?,14-/m1/s1. The molecule has 0 aromatic heterocycles. The number of hydrogen-bond acceptors (Lipinski definition) is 5. The molecule has 0 aliphatic carbocycles. The van der Waals surface area contributed by atoms with E-state index in [2.05, 4.69) is 5.32 Å². The van der Waals surface area contributed by atoms with Crippen LogP contribution in [0.25, 0.3) is 0 Å². The molecule has 2 aliphatic rings. The first kappa shape index (κ1) is 19.9. The lowest BCUT2D eigenvalue weighted by molar-refractivity contribution is -0.149. The molecule has 0 bridgehead atoms. The fourth-order valence-electron chi connectivity index (χ4n) is 2.86. The molecule has 0 radical (unpaired) electrons. The molecule has 11 heteroatoms. The van der Waals surface area contributed by atoms with Gasteiger partial charge < -0.3 is 15.5 Å². The van der Waals surface area contributed by atoms with Crippen molar-refractivity contribution in [2.75, 3.05) is 5.75 Å². The van der Waals surface area contributed by atoms with E-state index in [1.807, 2.05) is 0 Å². The van der Waals surface area contributed by atoms with E-state index in [1.165, 1.54) is 11.8 Å². The van der Waals surface area contributed by atoms with Crippen molar-refractivity contribution in [2.45, 2.75) is 17.8 Å². The van der Waals surface area contributed by atoms with Crippen LogP contribution in [-0.2, 0) is 20.8 Å². The molecular weight excluding hydrogens is 435 g/mol. The third-order valence-electron chi connectivity index (χ3n) is 4.10. The molecule has 27 heavy (non-hydrogen) atoms. The second-order valence-corrected chi connectivity index (χ2v) is 8.25. The van der Waals surface area contributed by atoms with Crippen LogP contribution in [0.2, 0.25) is 10.0 Å². The minimum Gasteiger partial charge on any atom is -0.478 e. The third-order valence-corrected chi connectivity index (χ3v) is 6.25. The van der Waals surface area contributed by atoms with Gasteiger partial charge in [-0.15, -0.1) is 11.8 Å². The number of benzene rings is 1. The molecule has 1 saturated heterocycles. The lowest BCUT2D eigenvalue weighted by Gasteiger charge is -2.49. The molecule has 1 amide bonds. The lowest BCUT2D eigenvalue weighted by atomic mass is 10.0. The number of thiocarbonyl (C=S) groups is 1. The largest absolute Gasteiger partial charge is 0.478 e. The van der Waals surface area contributed by atoms with Crippen LogP contribution in [0.4, 0.5) is 0 Å². The predicted molar refractivity (Wildman–Crippen MR) is 105 cm³/mol. The number of aliphatic carboxylic acids is 2. The Bertz CT molecular complexity index is 905. The maximum atomic E-state index is 12.4. The highest BCUT2D eigenvalue weighted by atomic mass is 35.5. The van der Waals surface area contributed by atoms with E-state index in [1.54, 1.807) is 18.2 Å². The van der Waals surface area contributed by atoms with Crippen molar-refractivity contribution in [3.8, 4) is 0 Å². The SMILES string of the molecule is O=C(O)C1=C(C(=O)O)N2C(=O)C(NC(=S)Cc3cc(Cl)ccc3Cl)[C@H]2SC1. The Labute approximate surface area is 173 Å². The van der Waals surface area contributed by atoms with Gasteiger partial charge in [-0.3, -0.25) is 9.69 Å². The first-order chi connectivity index (χ1) is 12.7. The monoisotopic (exact) mass is 446 g/mol. The summed E-state index contributed by atoms with van der Waals surface area (Å²) in [5, 5.41) is 21.8. The van der Waals surface area contributed by atoms with Gasteiger partial charge in [-0.1, -0.05) is 35.4 Å². The summed E-state index contributed by atoms with van der Waals surface area (Å²) in [7, 11) is 0. The Balaban J connectivity index is 1.73. The summed E-state index contributed by atoms with van der Waals surface area (Å²) in [6.07, 6.45) is 0.262. The molecule has 2 aliphatic heterocycles. The third kappa shape index (κ3) is 3.77. The summed E-state index contributed by atoms with van der Waals surface area (Å²) < 4.78 is 0. The Morgan fingerprint density at radius 3 is 2.63 bits per heavy atom. The quantitative estimate of drug-likeness (QED) is 0.466. The highest BCUT2D eigenvalue weighted by Gasteiger charge is 2.54. The second kappa shape index (κ2) is 7.67. The van der Waals surface area contributed by atoms with Crippen LogP contribution < -0.4 is 5.32 Å². The predicted octanol–water partition coefficient (Wildman–Crippen LogP) is 2.16. The van der Waals surface area contributed by atoms with E-state index >= 15 is 0 Å². The Hall–Kier alpha value is -1.81.